The number of hydrogen-bond acceptors (Lipinski definition) is 3. The molecule has 0 atom stereocenters. The maximum atomic E-state index is 10.7. The average Bonchev–Trinajstić information content (AvgIpc) is 1.87. The van der Waals surface area contributed by atoms with Crippen LogP contribution in [-0.2, 0) is 14.3 Å². The molecule has 0 heterocycles. The molecule has 0 bridgehead atoms. The topological polar surface area (TPSA) is 55.4 Å². The van der Waals surface area contributed by atoms with E-state index >= 15 is 0 Å². The second-order valence-electron chi connectivity index (χ2n) is 1.81. The van der Waals surface area contributed by atoms with E-state index in [1.165, 1.54) is 12.5 Å². The zero-order chi connectivity index (χ0) is 8.69. The first-order valence-corrected chi connectivity index (χ1v) is 3.19. The summed E-state index contributed by atoms with van der Waals surface area (Å²) in [6.45, 7) is 3.61. The second kappa shape index (κ2) is 5.46. The Morgan fingerprint density at radius 3 is 2.82 bits per heavy atom. The number of hydrogen-bond donors (Lipinski definition) is 1. The van der Waals surface area contributed by atoms with E-state index in [0.717, 1.165) is 0 Å². The van der Waals surface area contributed by atoms with Crippen molar-refractivity contribution in [3.63, 3.8) is 0 Å². The smallest absolute Gasteiger partial charge is 0.332 e. The molecule has 0 aliphatic heterocycles. The van der Waals surface area contributed by atoms with Crippen molar-refractivity contribution < 1.29 is 14.3 Å². The molecule has 0 unspecified atom stereocenters. The molecule has 0 rings (SSSR count). The number of carbonyl (C=O) groups is 1. The Bertz CT molecular complexity index is 175. The zero-order valence-corrected chi connectivity index (χ0v) is 6.51. The molecule has 0 saturated carbocycles. The number of esters is 1. The van der Waals surface area contributed by atoms with Gasteiger partial charge in [-0.3, -0.25) is 4.79 Å². The molecule has 1 radical (unpaired) electrons. The Morgan fingerprint density at radius 2 is 2.36 bits per heavy atom. The zero-order valence-electron chi connectivity index (χ0n) is 6.51. The summed E-state index contributed by atoms with van der Waals surface area (Å²) in [5.74, 6) is -0.465. The molecule has 0 aromatic heterocycles. The molecular weight excluding hydrogens is 146 g/mol. The molecule has 4 nitrogen and oxygen atoms in total. The molecule has 0 aromatic carbocycles. The minimum Gasteiger partial charge on any atom is -0.463 e. The summed E-state index contributed by atoms with van der Waals surface area (Å²) in [5.41, 5.74) is 0.415. The van der Waals surface area contributed by atoms with Crippen LogP contribution in [0.15, 0.2) is 11.8 Å². The highest BCUT2D eigenvalue weighted by molar-refractivity contribution is 5.83. The molecule has 4 heteroatoms. The lowest BCUT2D eigenvalue weighted by Gasteiger charge is -1.97. The summed E-state index contributed by atoms with van der Waals surface area (Å²) < 4.78 is 4.57. The average molecular weight is 156 g/mol. The van der Waals surface area contributed by atoms with Gasteiger partial charge in [-0.25, -0.2) is 4.79 Å². The van der Waals surface area contributed by atoms with Crippen molar-refractivity contribution in [2.75, 3.05) is 6.61 Å². The number of carbonyl (C=O) groups excluding carboxylic acids is 2. The molecule has 0 fully saturated rings. The van der Waals surface area contributed by atoms with E-state index in [1.807, 2.05) is 0 Å². The van der Waals surface area contributed by atoms with Crippen molar-refractivity contribution in [2.24, 2.45) is 0 Å². The van der Waals surface area contributed by atoms with Crippen LogP contribution in [0.2, 0.25) is 0 Å². The van der Waals surface area contributed by atoms with Crippen LogP contribution in [0, 0.1) is 0 Å². The van der Waals surface area contributed by atoms with Crippen molar-refractivity contribution in [1.82, 2.24) is 5.32 Å². The van der Waals surface area contributed by atoms with Crippen molar-refractivity contribution in [2.45, 2.75) is 13.8 Å². The van der Waals surface area contributed by atoms with Gasteiger partial charge in [0.25, 0.3) is 0 Å². The first kappa shape index (κ1) is 9.68. The van der Waals surface area contributed by atoms with Gasteiger partial charge in [-0.15, -0.1) is 0 Å². The van der Waals surface area contributed by atoms with Crippen molar-refractivity contribution in [1.29, 1.82) is 0 Å². The molecule has 0 saturated heterocycles. The summed E-state index contributed by atoms with van der Waals surface area (Å²) >= 11 is 0. The molecule has 61 valence electrons. The molecule has 1 amide bonds. The minimum atomic E-state index is -0.465. The third-order valence-corrected chi connectivity index (χ3v) is 0.869. The van der Waals surface area contributed by atoms with E-state index in [4.69, 9.17) is 0 Å². The van der Waals surface area contributed by atoms with Gasteiger partial charge in [0, 0.05) is 11.8 Å². The Balaban J connectivity index is 3.85. The van der Waals surface area contributed by atoms with Crippen LogP contribution in [-0.4, -0.2) is 19.0 Å². The number of amides is 1. The van der Waals surface area contributed by atoms with Gasteiger partial charge >= 0.3 is 12.4 Å². The molecule has 1 N–H and O–H groups in total. The Morgan fingerprint density at radius 1 is 1.73 bits per heavy atom. The fourth-order valence-corrected chi connectivity index (χ4v) is 0.477. The van der Waals surface area contributed by atoms with E-state index < -0.39 is 5.97 Å². The van der Waals surface area contributed by atoms with Crippen molar-refractivity contribution in [3.05, 3.63) is 11.8 Å². The van der Waals surface area contributed by atoms with E-state index in [0.29, 0.717) is 12.3 Å². The van der Waals surface area contributed by atoms with Crippen LogP contribution < -0.4 is 5.32 Å². The summed E-state index contributed by atoms with van der Waals surface area (Å²) in [6.07, 6.45) is 2.63. The number of ether oxygens (including phenoxy) is 1. The highest BCUT2D eigenvalue weighted by Gasteiger charge is 1.95. The lowest BCUT2D eigenvalue weighted by Crippen LogP contribution is -2.10. The van der Waals surface area contributed by atoms with Gasteiger partial charge < -0.3 is 10.1 Å². The third kappa shape index (κ3) is 5.14. The van der Waals surface area contributed by atoms with Crippen LogP contribution in [0.1, 0.15) is 13.8 Å². The maximum absolute atomic E-state index is 10.7. The lowest BCUT2D eigenvalue weighted by atomic mass is 10.4. The number of allylic oxidation sites excluding steroid dienone is 1. The SMILES string of the molecule is CCOC(=O)/C=C(/C)N[C]=O. The monoisotopic (exact) mass is 156 g/mol. The van der Waals surface area contributed by atoms with Gasteiger partial charge in [-0.1, -0.05) is 0 Å². The van der Waals surface area contributed by atoms with Crippen LogP contribution >= 0.6 is 0 Å². The van der Waals surface area contributed by atoms with E-state index in [9.17, 15) is 9.59 Å². The van der Waals surface area contributed by atoms with Crippen LogP contribution in [0.25, 0.3) is 0 Å². The Labute approximate surface area is 65.2 Å². The van der Waals surface area contributed by atoms with Gasteiger partial charge in [-0.2, -0.15) is 0 Å². The van der Waals surface area contributed by atoms with Gasteiger partial charge in [0.05, 0.1) is 6.61 Å². The maximum Gasteiger partial charge on any atom is 0.332 e. The molecular formula is C7H10NO3. The Hall–Kier alpha value is -1.32. The van der Waals surface area contributed by atoms with Gasteiger partial charge in [0.2, 0.25) is 0 Å². The first-order chi connectivity index (χ1) is 5.20. The van der Waals surface area contributed by atoms with E-state index in [2.05, 4.69) is 10.1 Å². The highest BCUT2D eigenvalue weighted by Crippen LogP contribution is 1.87. The molecule has 0 aromatic rings. The quantitative estimate of drug-likeness (QED) is 0.357. The highest BCUT2D eigenvalue weighted by atomic mass is 16.5. The minimum absolute atomic E-state index is 0.327. The predicted molar refractivity (Wildman–Crippen MR) is 39.2 cm³/mol. The molecule has 0 aliphatic carbocycles. The van der Waals surface area contributed by atoms with Crippen LogP contribution in [0.3, 0.4) is 0 Å². The standard InChI is InChI=1S/C7H10NO3/c1-3-11-7(10)4-6(2)8-5-9/h4H,3H2,1-2H3,(H,8,9)/b6-4-. The van der Waals surface area contributed by atoms with Crippen molar-refractivity contribution >= 4 is 12.4 Å². The summed E-state index contributed by atoms with van der Waals surface area (Å²) in [4.78, 5) is 20.4. The van der Waals surface area contributed by atoms with Gasteiger partial charge in [-0.05, 0) is 13.8 Å². The summed E-state index contributed by atoms with van der Waals surface area (Å²) in [6, 6.07) is 0. The lowest BCUT2D eigenvalue weighted by molar-refractivity contribution is -0.137. The fourth-order valence-electron chi connectivity index (χ4n) is 0.477. The van der Waals surface area contributed by atoms with Gasteiger partial charge in [0.1, 0.15) is 0 Å². The van der Waals surface area contributed by atoms with Crippen LogP contribution in [0.4, 0.5) is 0 Å². The van der Waals surface area contributed by atoms with E-state index in [-0.39, 0.29) is 0 Å². The number of rotatable bonds is 4. The fraction of sp³-hybridized carbons (Fsp3) is 0.429. The largest absolute Gasteiger partial charge is 0.463 e. The third-order valence-electron chi connectivity index (χ3n) is 0.869. The molecule has 0 aliphatic rings. The summed E-state index contributed by atoms with van der Waals surface area (Å²) in [7, 11) is 0. The molecule has 0 spiro atoms. The van der Waals surface area contributed by atoms with E-state index in [1.54, 1.807) is 13.8 Å². The number of nitrogens with one attached hydrogen (secondary N) is 1. The predicted octanol–water partition coefficient (Wildman–Crippen LogP) is 0.110. The van der Waals surface area contributed by atoms with Crippen molar-refractivity contribution in [3.8, 4) is 0 Å². The van der Waals surface area contributed by atoms with Gasteiger partial charge in [0.15, 0.2) is 0 Å². The normalized spacial score (nSPS) is 10.5. The molecule has 11 heavy (non-hydrogen) atoms. The van der Waals surface area contributed by atoms with Crippen LogP contribution in [0.5, 0.6) is 0 Å². The summed E-state index contributed by atoms with van der Waals surface area (Å²) in [5, 5.41) is 2.19. The Kier molecular flexibility index (Phi) is 4.81. The second-order valence-corrected chi connectivity index (χ2v) is 1.81. The first-order valence-electron chi connectivity index (χ1n) is 3.19.